The number of hydrogen-bond donors (Lipinski definition) is 2. The summed E-state index contributed by atoms with van der Waals surface area (Å²) in [4.78, 5) is 16.6. The summed E-state index contributed by atoms with van der Waals surface area (Å²) < 4.78 is 1.07. The van der Waals surface area contributed by atoms with E-state index in [0.29, 0.717) is 11.4 Å². The molecule has 7 heteroatoms. The molecule has 3 aromatic rings. The Hall–Kier alpha value is -2.12. The van der Waals surface area contributed by atoms with Crippen molar-refractivity contribution in [2.24, 2.45) is 0 Å². The average molecular weight is 344 g/mol. The third-order valence-electron chi connectivity index (χ3n) is 3.12. The van der Waals surface area contributed by atoms with Crippen molar-refractivity contribution in [3.8, 4) is 0 Å². The Balaban J connectivity index is 1.58. The first-order chi connectivity index (χ1) is 11.1. The van der Waals surface area contributed by atoms with Crippen LogP contribution in [0.3, 0.4) is 0 Å². The van der Waals surface area contributed by atoms with Crippen LogP contribution in [0, 0.1) is 13.8 Å². The Bertz CT molecular complexity index is 808. The molecule has 0 fully saturated rings. The maximum absolute atomic E-state index is 12.1. The van der Waals surface area contributed by atoms with Crippen molar-refractivity contribution in [1.82, 2.24) is 15.2 Å². The molecule has 0 radical (unpaired) electrons. The standard InChI is InChI=1S/C16H16N4OS2/c1-10-7-14(20-19-10)18-15(21)13-5-3-12(4-6-13)9-23-16-17-11(2)8-22-16/h3-8H,9H2,1-2H3,(H2,18,19,20,21). The maximum atomic E-state index is 12.1. The normalized spacial score (nSPS) is 10.7. The van der Waals surface area contributed by atoms with E-state index in [2.05, 4.69) is 20.5 Å². The van der Waals surface area contributed by atoms with Gasteiger partial charge in [0.15, 0.2) is 5.82 Å². The minimum atomic E-state index is -0.161. The minimum Gasteiger partial charge on any atom is -0.305 e. The van der Waals surface area contributed by atoms with E-state index in [9.17, 15) is 4.79 Å². The second-order valence-corrected chi connectivity index (χ2v) is 7.21. The van der Waals surface area contributed by atoms with Crippen LogP contribution in [0.5, 0.6) is 0 Å². The van der Waals surface area contributed by atoms with Crippen molar-refractivity contribution in [3.63, 3.8) is 0 Å². The highest BCUT2D eigenvalue weighted by Crippen LogP contribution is 2.26. The summed E-state index contributed by atoms with van der Waals surface area (Å²) in [7, 11) is 0. The topological polar surface area (TPSA) is 70.7 Å². The molecule has 0 aliphatic heterocycles. The van der Waals surface area contributed by atoms with Crippen LogP contribution < -0.4 is 5.32 Å². The number of carbonyl (C=O) groups is 1. The summed E-state index contributed by atoms with van der Waals surface area (Å²) in [6.45, 7) is 3.88. The van der Waals surface area contributed by atoms with Crippen molar-refractivity contribution in [2.75, 3.05) is 5.32 Å². The van der Waals surface area contributed by atoms with Gasteiger partial charge in [-0.1, -0.05) is 23.9 Å². The van der Waals surface area contributed by atoms with Gasteiger partial charge in [-0.15, -0.1) is 11.3 Å². The first kappa shape index (κ1) is 15.8. The highest BCUT2D eigenvalue weighted by Gasteiger charge is 2.08. The number of thiazole rings is 1. The summed E-state index contributed by atoms with van der Waals surface area (Å²) in [6, 6.07) is 9.39. The van der Waals surface area contributed by atoms with Gasteiger partial charge in [-0.3, -0.25) is 9.89 Å². The molecule has 0 aliphatic carbocycles. The number of benzene rings is 1. The largest absolute Gasteiger partial charge is 0.305 e. The number of anilines is 1. The molecule has 0 saturated carbocycles. The van der Waals surface area contributed by atoms with Crippen molar-refractivity contribution in [2.45, 2.75) is 23.9 Å². The van der Waals surface area contributed by atoms with Crippen molar-refractivity contribution in [1.29, 1.82) is 0 Å². The molecule has 118 valence electrons. The summed E-state index contributed by atoms with van der Waals surface area (Å²) in [5.41, 5.74) is 3.74. The average Bonchev–Trinajstić information content (AvgIpc) is 3.14. The molecule has 0 unspecified atom stereocenters. The van der Waals surface area contributed by atoms with Gasteiger partial charge >= 0.3 is 0 Å². The molecule has 1 aromatic carbocycles. The van der Waals surface area contributed by atoms with Gasteiger partial charge in [-0.2, -0.15) is 5.10 Å². The number of H-pyrrole nitrogens is 1. The zero-order valence-electron chi connectivity index (χ0n) is 12.8. The zero-order chi connectivity index (χ0) is 16.2. The number of carbonyl (C=O) groups excluding carboxylic acids is 1. The number of thioether (sulfide) groups is 1. The molecule has 23 heavy (non-hydrogen) atoms. The minimum absolute atomic E-state index is 0.161. The van der Waals surface area contributed by atoms with Crippen LogP contribution in [0.1, 0.15) is 27.3 Å². The highest BCUT2D eigenvalue weighted by molar-refractivity contribution is 8.00. The number of aryl methyl sites for hydroxylation is 2. The molecule has 2 N–H and O–H groups in total. The molecule has 0 bridgehead atoms. The number of aromatic nitrogens is 3. The lowest BCUT2D eigenvalue weighted by atomic mass is 10.1. The van der Waals surface area contributed by atoms with E-state index < -0.39 is 0 Å². The SMILES string of the molecule is Cc1csc(SCc2ccc(C(=O)Nc3cc(C)[nH]n3)cc2)n1. The first-order valence-electron chi connectivity index (χ1n) is 7.07. The highest BCUT2D eigenvalue weighted by atomic mass is 32.2. The van der Waals surface area contributed by atoms with E-state index in [1.54, 1.807) is 29.2 Å². The quantitative estimate of drug-likeness (QED) is 0.686. The number of hydrogen-bond acceptors (Lipinski definition) is 5. The smallest absolute Gasteiger partial charge is 0.256 e. The number of nitrogens with zero attached hydrogens (tertiary/aromatic N) is 2. The van der Waals surface area contributed by atoms with E-state index in [-0.39, 0.29) is 5.91 Å². The molecule has 0 aliphatic rings. The van der Waals surface area contributed by atoms with E-state index in [1.807, 2.05) is 43.5 Å². The molecule has 5 nitrogen and oxygen atoms in total. The van der Waals surface area contributed by atoms with Gasteiger partial charge in [0, 0.05) is 34.2 Å². The molecular formula is C16H16N4OS2. The van der Waals surface area contributed by atoms with E-state index in [1.165, 1.54) is 0 Å². The van der Waals surface area contributed by atoms with Crippen LogP contribution in [0.4, 0.5) is 5.82 Å². The predicted molar refractivity (Wildman–Crippen MR) is 94.1 cm³/mol. The Labute approximate surface area is 142 Å². The molecule has 2 aromatic heterocycles. The monoisotopic (exact) mass is 344 g/mol. The Kier molecular flexibility index (Phi) is 4.78. The molecule has 2 heterocycles. The summed E-state index contributed by atoms with van der Waals surface area (Å²) in [5.74, 6) is 1.21. The summed E-state index contributed by atoms with van der Waals surface area (Å²) in [5, 5.41) is 11.6. The van der Waals surface area contributed by atoms with E-state index >= 15 is 0 Å². The van der Waals surface area contributed by atoms with Gasteiger partial charge in [0.1, 0.15) is 4.34 Å². The van der Waals surface area contributed by atoms with Crippen LogP contribution >= 0.6 is 23.1 Å². The first-order valence-corrected chi connectivity index (χ1v) is 8.94. The number of aromatic amines is 1. The number of amides is 1. The fourth-order valence-electron chi connectivity index (χ4n) is 1.97. The lowest BCUT2D eigenvalue weighted by molar-refractivity contribution is 0.102. The predicted octanol–water partition coefficient (Wildman–Crippen LogP) is 4.03. The lowest BCUT2D eigenvalue weighted by Crippen LogP contribution is -2.12. The van der Waals surface area contributed by atoms with Crippen LogP contribution in [0.25, 0.3) is 0 Å². The van der Waals surface area contributed by atoms with Crippen molar-refractivity contribution < 1.29 is 4.79 Å². The summed E-state index contributed by atoms with van der Waals surface area (Å²) in [6.07, 6.45) is 0. The van der Waals surface area contributed by atoms with E-state index in [0.717, 1.165) is 27.0 Å². The van der Waals surface area contributed by atoms with Crippen LogP contribution in [0.15, 0.2) is 40.1 Å². The third kappa shape index (κ3) is 4.20. The molecule has 0 spiro atoms. The molecule has 0 saturated heterocycles. The van der Waals surface area contributed by atoms with Gasteiger partial charge in [-0.05, 0) is 31.5 Å². The Morgan fingerprint density at radius 2 is 2.09 bits per heavy atom. The fourth-order valence-corrected chi connectivity index (χ4v) is 3.77. The van der Waals surface area contributed by atoms with Gasteiger partial charge in [0.25, 0.3) is 5.91 Å². The second kappa shape index (κ2) is 6.97. The molecule has 3 rings (SSSR count). The second-order valence-electron chi connectivity index (χ2n) is 5.13. The van der Waals surface area contributed by atoms with E-state index in [4.69, 9.17) is 0 Å². The van der Waals surface area contributed by atoms with Gasteiger partial charge in [0.05, 0.1) is 0 Å². The molecular weight excluding hydrogens is 328 g/mol. The van der Waals surface area contributed by atoms with Crippen LogP contribution in [-0.2, 0) is 5.75 Å². The Morgan fingerprint density at radius 1 is 1.30 bits per heavy atom. The number of rotatable bonds is 5. The zero-order valence-corrected chi connectivity index (χ0v) is 14.4. The van der Waals surface area contributed by atoms with Gasteiger partial charge in [-0.25, -0.2) is 4.98 Å². The number of nitrogens with one attached hydrogen (secondary N) is 2. The van der Waals surface area contributed by atoms with Gasteiger partial charge < -0.3 is 5.32 Å². The third-order valence-corrected chi connectivity index (χ3v) is 5.33. The van der Waals surface area contributed by atoms with Crippen LogP contribution in [0.2, 0.25) is 0 Å². The molecule has 1 amide bonds. The fraction of sp³-hybridized carbons (Fsp3) is 0.188. The maximum Gasteiger partial charge on any atom is 0.256 e. The van der Waals surface area contributed by atoms with Crippen molar-refractivity contribution >= 4 is 34.8 Å². The molecule has 0 atom stereocenters. The van der Waals surface area contributed by atoms with Crippen LogP contribution in [-0.4, -0.2) is 21.1 Å². The lowest BCUT2D eigenvalue weighted by Gasteiger charge is -2.04. The van der Waals surface area contributed by atoms with Crippen molar-refractivity contribution in [3.05, 3.63) is 58.2 Å². The Morgan fingerprint density at radius 3 is 2.70 bits per heavy atom. The summed E-state index contributed by atoms with van der Waals surface area (Å²) >= 11 is 3.36. The van der Waals surface area contributed by atoms with Gasteiger partial charge in [0.2, 0.25) is 0 Å².